The van der Waals surface area contributed by atoms with Gasteiger partial charge < -0.3 is 10.4 Å². The van der Waals surface area contributed by atoms with Crippen molar-refractivity contribution in [3.05, 3.63) is 51.5 Å². The molecule has 0 amide bonds. The second kappa shape index (κ2) is 7.15. The van der Waals surface area contributed by atoms with Crippen LogP contribution in [0.2, 0.25) is 0 Å². The Bertz CT molecular complexity index is 586. The zero-order chi connectivity index (χ0) is 14.4. The summed E-state index contributed by atoms with van der Waals surface area (Å²) >= 11 is 1.65. The van der Waals surface area contributed by atoms with Gasteiger partial charge in [-0.05, 0) is 24.6 Å². The molecule has 0 saturated carbocycles. The first-order valence-electron chi connectivity index (χ1n) is 6.49. The summed E-state index contributed by atoms with van der Waals surface area (Å²) in [6, 6.07) is 9.07. The first-order chi connectivity index (χ1) is 9.69. The number of aryl methyl sites for hydroxylation is 1. The molecule has 1 aromatic carbocycles. The van der Waals surface area contributed by atoms with E-state index in [2.05, 4.69) is 21.8 Å². The zero-order valence-corrected chi connectivity index (χ0v) is 12.2. The Balaban J connectivity index is 1.74. The SMILES string of the molecule is Cc1nc(CCNCC(O)c2ccc(C#N)cc2)cs1. The average Bonchev–Trinajstić information content (AvgIpc) is 2.89. The third kappa shape index (κ3) is 4.14. The molecule has 2 aromatic rings. The van der Waals surface area contributed by atoms with Crippen molar-refractivity contribution in [1.29, 1.82) is 5.26 Å². The molecule has 1 heterocycles. The highest BCUT2D eigenvalue weighted by atomic mass is 32.1. The van der Waals surface area contributed by atoms with Crippen molar-refractivity contribution in [3.8, 4) is 6.07 Å². The largest absolute Gasteiger partial charge is 0.387 e. The van der Waals surface area contributed by atoms with E-state index >= 15 is 0 Å². The summed E-state index contributed by atoms with van der Waals surface area (Å²) in [4.78, 5) is 4.39. The van der Waals surface area contributed by atoms with E-state index in [1.54, 1.807) is 35.6 Å². The van der Waals surface area contributed by atoms with Crippen LogP contribution in [-0.4, -0.2) is 23.2 Å². The predicted octanol–water partition coefficient (Wildman–Crippen LogP) is 2.19. The van der Waals surface area contributed by atoms with Crippen molar-refractivity contribution in [2.24, 2.45) is 0 Å². The number of aliphatic hydroxyl groups excluding tert-OH is 1. The molecule has 4 nitrogen and oxygen atoms in total. The Hall–Kier alpha value is -1.74. The fourth-order valence-electron chi connectivity index (χ4n) is 1.88. The Morgan fingerprint density at radius 2 is 2.15 bits per heavy atom. The maximum atomic E-state index is 10.0. The fraction of sp³-hybridized carbons (Fsp3) is 0.333. The summed E-state index contributed by atoms with van der Waals surface area (Å²) in [7, 11) is 0. The highest BCUT2D eigenvalue weighted by molar-refractivity contribution is 7.09. The van der Waals surface area contributed by atoms with Gasteiger partial charge in [0, 0.05) is 24.9 Å². The number of thiazole rings is 1. The minimum Gasteiger partial charge on any atom is -0.387 e. The van der Waals surface area contributed by atoms with Gasteiger partial charge in [0.2, 0.25) is 0 Å². The molecule has 0 bridgehead atoms. The Kier molecular flexibility index (Phi) is 5.24. The monoisotopic (exact) mass is 287 g/mol. The second-order valence-electron chi connectivity index (χ2n) is 4.56. The number of nitrogens with one attached hydrogen (secondary N) is 1. The topological polar surface area (TPSA) is 68.9 Å². The van der Waals surface area contributed by atoms with Gasteiger partial charge in [0.1, 0.15) is 0 Å². The Labute approximate surface area is 122 Å². The number of hydrogen-bond donors (Lipinski definition) is 2. The molecule has 1 atom stereocenters. The standard InChI is InChI=1S/C15H17N3OS/c1-11-18-14(10-20-11)6-7-17-9-15(19)13-4-2-12(8-16)3-5-13/h2-5,10,15,17,19H,6-7,9H2,1H3. The van der Waals surface area contributed by atoms with E-state index in [0.29, 0.717) is 12.1 Å². The van der Waals surface area contributed by atoms with Crippen molar-refractivity contribution in [2.75, 3.05) is 13.1 Å². The molecule has 2 N–H and O–H groups in total. The minimum absolute atomic E-state index is 0.495. The molecule has 0 saturated heterocycles. The molecule has 1 unspecified atom stereocenters. The maximum absolute atomic E-state index is 10.0. The van der Waals surface area contributed by atoms with Crippen molar-refractivity contribution < 1.29 is 5.11 Å². The van der Waals surface area contributed by atoms with E-state index in [9.17, 15) is 5.11 Å². The average molecular weight is 287 g/mol. The summed E-state index contributed by atoms with van der Waals surface area (Å²) < 4.78 is 0. The van der Waals surface area contributed by atoms with E-state index in [4.69, 9.17) is 5.26 Å². The third-order valence-electron chi connectivity index (χ3n) is 2.99. The summed E-state index contributed by atoms with van der Waals surface area (Å²) in [5, 5.41) is 25.1. The van der Waals surface area contributed by atoms with Gasteiger partial charge in [-0.1, -0.05) is 12.1 Å². The van der Waals surface area contributed by atoms with Crippen LogP contribution >= 0.6 is 11.3 Å². The number of aliphatic hydroxyl groups is 1. The molecule has 104 valence electrons. The smallest absolute Gasteiger partial charge is 0.0991 e. The summed E-state index contributed by atoms with van der Waals surface area (Å²) in [6.45, 7) is 3.28. The van der Waals surface area contributed by atoms with Crippen molar-refractivity contribution in [1.82, 2.24) is 10.3 Å². The highest BCUT2D eigenvalue weighted by Gasteiger charge is 2.07. The van der Waals surface area contributed by atoms with Crippen LogP contribution in [-0.2, 0) is 6.42 Å². The lowest BCUT2D eigenvalue weighted by Gasteiger charge is -2.11. The van der Waals surface area contributed by atoms with E-state index in [1.165, 1.54) is 0 Å². The van der Waals surface area contributed by atoms with Crippen molar-refractivity contribution in [2.45, 2.75) is 19.4 Å². The Morgan fingerprint density at radius 1 is 1.40 bits per heavy atom. The van der Waals surface area contributed by atoms with Crippen LogP contribution in [0.25, 0.3) is 0 Å². The lowest BCUT2D eigenvalue weighted by atomic mass is 10.1. The van der Waals surface area contributed by atoms with Crippen LogP contribution in [0.4, 0.5) is 0 Å². The molecule has 0 aliphatic rings. The van der Waals surface area contributed by atoms with Gasteiger partial charge >= 0.3 is 0 Å². The quantitative estimate of drug-likeness (QED) is 0.799. The molecule has 0 fully saturated rings. The zero-order valence-electron chi connectivity index (χ0n) is 11.3. The van der Waals surface area contributed by atoms with E-state index < -0.39 is 6.10 Å². The van der Waals surface area contributed by atoms with Crippen molar-refractivity contribution in [3.63, 3.8) is 0 Å². The van der Waals surface area contributed by atoms with Crippen LogP contribution in [0, 0.1) is 18.3 Å². The molecule has 1 aromatic heterocycles. The first kappa shape index (κ1) is 14.7. The summed E-state index contributed by atoms with van der Waals surface area (Å²) in [6.07, 6.45) is 0.310. The number of benzene rings is 1. The molecule has 0 aliphatic heterocycles. The summed E-state index contributed by atoms with van der Waals surface area (Å²) in [5.41, 5.74) is 2.52. The van der Waals surface area contributed by atoms with E-state index in [-0.39, 0.29) is 0 Å². The maximum Gasteiger partial charge on any atom is 0.0991 e. The lowest BCUT2D eigenvalue weighted by molar-refractivity contribution is 0.175. The number of nitriles is 1. The third-order valence-corrected chi connectivity index (χ3v) is 3.81. The fourth-order valence-corrected chi connectivity index (χ4v) is 2.52. The van der Waals surface area contributed by atoms with Crippen LogP contribution < -0.4 is 5.32 Å². The first-order valence-corrected chi connectivity index (χ1v) is 7.37. The van der Waals surface area contributed by atoms with Crippen LogP contribution in [0.5, 0.6) is 0 Å². The number of rotatable bonds is 6. The van der Waals surface area contributed by atoms with Gasteiger partial charge in [0.15, 0.2) is 0 Å². The number of nitrogens with zero attached hydrogens (tertiary/aromatic N) is 2. The van der Waals surface area contributed by atoms with Gasteiger partial charge in [-0.3, -0.25) is 0 Å². The van der Waals surface area contributed by atoms with Gasteiger partial charge in [0.25, 0.3) is 0 Å². The molecule has 20 heavy (non-hydrogen) atoms. The van der Waals surface area contributed by atoms with Crippen LogP contribution in [0.3, 0.4) is 0 Å². The molecule has 2 rings (SSSR count). The molecule has 0 radical (unpaired) electrons. The van der Waals surface area contributed by atoms with Gasteiger partial charge in [-0.15, -0.1) is 11.3 Å². The molecule has 0 spiro atoms. The molecular weight excluding hydrogens is 270 g/mol. The van der Waals surface area contributed by atoms with Gasteiger partial charge in [-0.25, -0.2) is 4.98 Å². The van der Waals surface area contributed by atoms with Crippen LogP contribution in [0.1, 0.15) is 27.9 Å². The highest BCUT2D eigenvalue weighted by Crippen LogP contribution is 2.13. The van der Waals surface area contributed by atoms with Crippen LogP contribution in [0.15, 0.2) is 29.6 Å². The molecule has 5 heteroatoms. The Morgan fingerprint density at radius 3 is 2.75 bits per heavy atom. The number of aromatic nitrogens is 1. The molecule has 0 aliphatic carbocycles. The summed E-state index contributed by atoms with van der Waals surface area (Å²) in [5.74, 6) is 0. The van der Waals surface area contributed by atoms with Gasteiger partial charge in [-0.2, -0.15) is 5.26 Å². The van der Waals surface area contributed by atoms with E-state index in [1.807, 2.05) is 6.92 Å². The lowest BCUT2D eigenvalue weighted by Crippen LogP contribution is -2.23. The normalized spacial score (nSPS) is 12.1. The van der Waals surface area contributed by atoms with E-state index in [0.717, 1.165) is 29.2 Å². The minimum atomic E-state index is -0.556. The molecular formula is C15H17N3OS. The predicted molar refractivity (Wildman–Crippen MR) is 79.5 cm³/mol. The second-order valence-corrected chi connectivity index (χ2v) is 5.62. The number of hydrogen-bond acceptors (Lipinski definition) is 5. The van der Waals surface area contributed by atoms with Crippen molar-refractivity contribution >= 4 is 11.3 Å². The van der Waals surface area contributed by atoms with Gasteiger partial charge in [0.05, 0.1) is 28.4 Å².